The zero-order valence-corrected chi connectivity index (χ0v) is 16.4. The normalized spacial score (nSPS) is 15.8. The number of likely N-dealkylation sites (N-methyl/N-ethyl adjacent to an activating group) is 1. The van der Waals surface area contributed by atoms with Gasteiger partial charge in [0.2, 0.25) is 17.7 Å². The molecule has 0 spiro atoms. The highest BCUT2D eigenvalue weighted by Gasteiger charge is 2.24. The monoisotopic (exact) mass is 354 g/mol. The van der Waals surface area contributed by atoms with Crippen molar-refractivity contribution in [3.8, 4) is 0 Å². The maximum atomic E-state index is 12.2. The van der Waals surface area contributed by atoms with Crippen LogP contribution in [0.25, 0.3) is 0 Å². The number of piperazine rings is 1. The van der Waals surface area contributed by atoms with Crippen LogP contribution in [0.2, 0.25) is 0 Å². The van der Waals surface area contributed by atoms with E-state index in [0.29, 0.717) is 45.7 Å². The van der Waals surface area contributed by atoms with Crippen molar-refractivity contribution in [2.24, 2.45) is 5.41 Å². The highest BCUT2D eigenvalue weighted by molar-refractivity contribution is 5.82. The van der Waals surface area contributed by atoms with Gasteiger partial charge in [-0.25, -0.2) is 0 Å². The van der Waals surface area contributed by atoms with Gasteiger partial charge in [0.1, 0.15) is 0 Å². The van der Waals surface area contributed by atoms with Gasteiger partial charge in [0.25, 0.3) is 0 Å². The van der Waals surface area contributed by atoms with E-state index in [0.717, 1.165) is 13.1 Å². The molecule has 25 heavy (non-hydrogen) atoms. The number of hydrogen-bond acceptors (Lipinski definition) is 4. The summed E-state index contributed by atoms with van der Waals surface area (Å²) in [4.78, 5) is 41.9. The van der Waals surface area contributed by atoms with E-state index >= 15 is 0 Å². The van der Waals surface area contributed by atoms with Crippen LogP contribution < -0.4 is 5.32 Å². The predicted octanol–water partition coefficient (Wildman–Crippen LogP) is 0.551. The van der Waals surface area contributed by atoms with E-state index in [9.17, 15) is 14.4 Å². The average Bonchev–Trinajstić information content (AvgIpc) is 2.55. The van der Waals surface area contributed by atoms with Crippen LogP contribution in [0.15, 0.2) is 0 Å². The Bertz CT molecular complexity index is 461. The Morgan fingerprint density at radius 1 is 1.00 bits per heavy atom. The minimum atomic E-state index is -0.438. The van der Waals surface area contributed by atoms with E-state index in [2.05, 4.69) is 10.2 Å². The molecule has 1 aliphatic heterocycles. The summed E-state index contributed by atoms with van der Waals surface area (Å²) >= 11 is 0. The van der Waals surface area contributed by atoms with Crippen molar-refractivity contribution in [3.05, 3.63) is 0 Å². The second-order valence-corrected chi connectivity index (χ2v) is 7.48. The lowest BCUT2D eigenvalue weighted by atomic mass is 9.96. The lowest BCUT2D eigenvalue weighted by Gasteiger charge is -2.35. The average molecular weight is 354 g/mol. The molecule has 1 aliphatic rings. The van der Waals surface area contributed by atoms with Gasteiger partial charge in [-0.15, -0.1) is 0 Å². The topological polar surface area (TPSA) is 73.0 Å². The molecule has 3 amide bonds. The molecular formula is C18H34N4O3. The molecule has 0 aromatic rings. The molecule has 7 heteroatoms. The van der Waals surface area contributed by atoms with Gasteiger partial charge in [-0.1, -0.05) is 20.8 Å². The van der Waals surface area contributed by atoms with Gasteiger partial charge >= 0.3 is 0 Å². The highest BCUT2D eigenvalue weighted by Crippen LogP contribution is 2.12. The number of hydrogen-bond donors (Lipinski definition) is 1. The van der Waals surface area contributed by atoms with Gasteiger partial charge in [0.05, 0.1) is 6.54 Å². The SMILES string of the molecule is CCN(CC)C(=O)CN1CCN(C(=O)CCNC(=O)C(C)(C)C)CC1. The Hall–Kier alpha value is -1.63. The van der Waals surface area contributed by atoms with Crippen LogP contribution in [0.4, 0.5) is 0 Å². The number of nitrogens with zero attached hydrogens (tertiary/aromatic N) is 3. The number of carbonyl (C=O) groups excluding carboxylic acids is 3. The first-order valence-corrected chi connectivity index (χ1v) is 9.25. The summed E-state index contributed by atoms with van der Waals surface area (Å²) in [6.07, 6.45) is 0.320. The third-order valence-electron chi connectivity index (χ3n) is 4.51. The summed E-state index contributed by atoms with van der Waals surface area (Å²) in [6, 6.07) is 0. The summed E-state index contributed by atoms with van der Waals surface area (Å²) in [6.45, 7) is 14.5. The highest BCUT2D eigenvalue weighted by atomic mass is 16.2. The fourth-order valence-electron chi connectivity index (χ4n) is 2.73. The van der Waals surface area contributed by atoms with Crippen molar-refractivity contribution < 1.29 is 14.4 Å². The third-order valence-corrected chi connectivity index (χ3v) is 4.51. The molecular weight excluding hydrogens is 320 g/mol. The zero-order chi connectivity index (χ0) is 19.0. The number of amides is 3. The van der Waals surface area contributed by atoms with Gasteiger partial charge < -0.3 is 15.1 Å². The summed E-state index contributed by atoms with van der Waals surface area (Å²) in [5.41, 5.74) is -0.438. The van der Waals surface area contributed by atoms with Crippen molar-refractivity contribution in [1.82, 2.24) is 20.0 Å². The molecule has 0 bridgehead atoms. The smallest absolute Gasteiger partial charge is 0.236 e. The third kappa shape index (κ3) is 7.02. The first-order valence-electron chi connectivity index (χ1n) is 9.25. The minimum absolute atomic E-state index is 0.0416. The van der Waals surface area contributed by atoms with Crippen molar-refractivity contribution in [2.45, 2.75) is 41.0 Å². The van der Waals surface area contributed by atoms with Crippen LogP contribution in [0, 0.1) is 5.41 Å². The maximum Gasteiger partial charge on any atom is 0.236 e. The van der Waals surface area contributed by atoms with Crippen LogP contribution in [0.1, 0.15) is 41.0 Å². The molecule has 0 unspecified atom stereocenters. The molecule has 1 saturated heterocycles. The molecule has 1 heterocycles. The van der Waals surface area contributed by atoms with E-state index in [1.165, 1.54) is 0 Å². The van der Waals surface area contributed by atoms with Crippen molar-refractivity contribution in [2.75, 3.05) is 52.4 Å². The van der Waals surface area contributed by atoms with Crippen molar-refractivity contribution >= 4 is 17.7 Å². The molecule has 1 N–H and O–H groups in total. The number of carbonyl (C=O) groups is 3. The van der Waals surface area contributed by atoms with Crippen LogP contribution in [0.3, 0.4) is 0 Å². The number of nitrogens with one attached hydrogen (secondary N) is 1. The molecule has 0 aromatic heterocycles. The maximum absolute atomic E-state index is 12.2. The fourth-order valence-corrected chi connectivity index (χ4v) is 2.73. The molecule has 0 saturated carbocycles. The van der Waals surface area contributed by atoms with Crippen molar-refractivity contribution in [1.29, 1.82) is 0 Å². The van der Waals surface area contributed by atoms with Gasteiger partial charge in [-0.3, -0.25) is 19.3 Å². The predicted molar refractivity (Wildman–Crippen MR) is 98.0 cm³/mol. The Labute approximate surface area is 151 Å². The second kappa shape index (κ2) is 9.75. The van der Waals surface area contributed by atoms with Crippen LogP contribution >= 0.6 is 0 Å². The quantitative estimate of drug-likeness (QED) is 0.725. The molecule has 0 atom stereocenters. The molecule has 144 valence electrons. The fraction of sp³-hybridized carbons (Fsp3) is 0.833. The first kappa shape index (κ1) is 21.4. The van der Waals surface area contributed by atoms with Crippen LogP contribution in [0.5, 0.6) is 0 Å². The van der Waals surface area contributed by atoms with E-state index in [1.807, 2.05) is 44.4 Å². The molecule has 1 fully saturated rings. The summed E-state index contributed by atoms with van der Waals surface area (Å²) in [5.74, 6) is 0.165. The van der Waals surface area contributed by atoms with E-state index in [-0.39, 0.29) is 17.7 Å². The molecule has 0 aliphatic carbocycles. The van der Waals surface area contributed by atoms with Gasteiger partial charge in [0, 0.05) is 57.6 Å². The van der Waals surface area contributed by atoms with Gasteiger partial charge in [-0.2, -0.15) is 0 Å². The van der Waals surface area contributed by atoms with E-state index < -0.39 is 5.41 Å². The Morgan fingerprint density at radius 2 is 1.56 bits per heavy atom. The van der Waals surface area contributed by atoms with E-state index in [1.54, 1.807) is 0 Å². The summed E-state index contributed by atoms with van der Waals surface area (Å²) in [5, 5.41) is 2.81. The molecule has 1 rings (SSSR count). The lowest BCUT2D eigenvalue weighted by molar-refractivity contribution is -0.135. The summed E-state index contributed by atoms with van der Waals surface area (Å²) in [7, 11) is 0. The molecule has 0 aromatic carbocycles. The lowest BCUT2D eigenvalue weighted by Crippen LogP contribution is -2.52. The Morgan fingerprint density at radius 3 is 2.04 bits per heavy atom. The van der Waals surface area contributed by atoms with Gasteiger partial charge in [0.15, 0.2) is 0 Å². The zero-order valence-electron chi connectivity index (χ0n) is 16.4. The second-order valence-electron chi connectivity index (χ2n) is 7.48. The minimum Gasteiger partial charge on any atom is -0.355 e. The molecule has 0 radical (unpaired) electrons. The largest absolute Gasteiger partial charge is 0.355 e. The Balaban J connectivity index is 2.30. The number of rotatable bonds is 7. The van der Waals surface area contributed by atoms with E-state index in [4.69, 9.17) is 0 Å². The van der Waals surface area contributed by atoms with Gasteiger partial charge in [-0.05, 0) is 13.8 Å². The first-order chi connectivity index (χ1) is 11.7. The van der Waals surface area contributed by atoms with Crippen LogP contribution in [-0.4, -0.2) is 84.8 Å². The standard InChI is InChI=1S/C18H34N4O3/c1-6-21(7-2)16(24)14-20-10-12-22(13-11-20)15(23)8-9-19-17(25)18(3,4)5/h6-14H2,1-5H3,(H,19,25). The summed E-state index contributed by atoms with van der Waals surface area (Å²) < 4.78 is 0. The van der Waals surface area contributed by atoms with Crippen LogP contribution in [-0.2, 0) is 14.4 Å². The molecule has 7 nitrogen and oxygen atoms in total. The Kier molecular flexibility index (Phi) is 8.35. The van der Waals surface area contributed by atoms with Crippen molar-refractivity contribution in [3.63, 3.8) is 0 Å².